The van der Waals surface area contributed by atoms with Gasteiger partial charge in [-0.15, -0.1) is 0 Å². The van der Waals surface area contributed by atoms with Crippen molar-refractivity contribution in [2.24, 2.45) is 5.92 Å². The van der Waals surface area contributed by atoms with Gasteiger partial charge in [-0.2, -0.15) is 0 Å². The molecular formula is C20H32NSiTi. The Bertz CT molecular complexity index is 632. The molecule has 0 fully saturated rings. The zero-order valence-electron chi connectivity index (χ0n) is 15.9. The molecule has 2 unspecified atom stereocenters. The summed E-state index contributed by atoms with van der Waals surface area (Å²) in [5, 5.41) is 1.67. The molecule has 1 aromatic carbocycles. The van der Waals surface area contributed by atoms with Gasteiger partial charge in [0.05, 0.1) is 0 Å². The Labute approximate surface area is 150 Å². The standard InChI is InChI=1S/C9H13.C7H9Si.C4H10N.Ti/c1-6-5-7(2)9(4)8(6)3;1-6-4-2-3-5-7(6)8;1-3-4(2)5;/h6H,1-4H3;2-5H,8H2,1H3;4-5H,3H2,1-2H3;/q;;-1;+1. The van der Waals surface area contributed by atoms with Gasteiger partial charge in [-0.05, 0) is 0 Å². The van der Waals surface area contributed by atoms with Crippen molar-refractivity contribution in [3.63, 3.8) is 0 Å². The number of nitrogens with one attached hydrogen (secondary N) is 1. The number of allylic oxidation sites excluding steroid dienone is 4. The van der Waals surface area contributed by atoms with E-state index in [1.807, 2.05) is 3.88 Å². The molecule has 0 spiro atoms. The first kappa shape index (κ1) is 18.9. The molecule has 1 aliphatic rings. The van der Waals surface area contributed by atoms with Gasteiger partial charge in [0.1, 0.15) is 0 Å². The SMILES string of the molecule is CCC(C)[NH][Ti]([SiH2]c1ccccc1C)[C]1=C(C)C(C)=C(C)C1C. The summed E-state index contributed by atoms with van der Waals surface area (Å²) in [4.78, 5) is 0. The zero-order valence-corrected chi connectivity index (χ0v) is 18.9. The average Bonchev–Trinajstić information content (AvgIpc) is 2.72. The zero-order chi connectivity index (χ0) is 17.1. The van der Waals surface area contributed by atoms with Crippen LogP contribution in [0.5, 0.6) is 0 Å². The fraction of sp³-hybridized carbons (Fsp3) is 0.500. The maximum atomic E-state index is 4.13. The summed E-state index contributed by atoms with van der Waals surface area (Å²) in [6, 6.07) is 9.72. The monoisotopic (exact) mass is 362 g/mol. The first-order chi connectivity index (χ1) is 10.9. The van der Waals surface area contributed by atoms with Crippen LogP contribution in [0.15, 0.2) is 44.9 Å². The van der Waals surface area contributed by atoms with Gasteiger partial charge in [-0.3, -0.25) is 0 Å². The molecule has 0 aliphatic heterocycles. The molecule has 0 saturated heterocycles. The summed E-state index contributed by atoms with van der Waals surface area (Å²) in [5.41, 5.74) is 6.27. The number of aryl methyl sites for hydroxylation is 1. The molecule has 125 valence electrons. The van der Waals surface area contributed by atoms with Crippen molar-refractivity contribution in [1.82, 2.24) is 3.80 Å². The molecule has 0 heterocycles. The van der Waals surface area contributed by atoms with Crippen molar-refractivity contribution < 1.29 is 17.4 Å². The van der Waals surface area contributed by atoms with Crippen molar-refractivity contribution in [1.29, 1.82) is 0 Å². The predicted octanol–water partition coefficient (Wildman–Crippen LogP) is 3.89. The van der Waals surface area contributed by atoms with E-state index < -0.39 is 17.4 Å². The molecule has 3 heteroatoms. The Morgan fingerprint density at radius 2 is 1.78 bits per heavy atom. The maximum absolute atomic E-state index is 4.13. The average molecular weight is 362 g/mol. The minimum atomic E-state index is -1.41. The molecule has 1 N–H and O–H groups in total. The third-order valence-corrected chi connectivity index (χ3v) is 16.6. The summed E-state index contributed by atoms with van der Waals surface area (Å²) in [6.07, 6.45) is 1.23. The van der Waals surface area contributed by atoms with Gasteiger partial charge in [0.25, 0.3) is 0 Å². The van der Waals surface area contributed by atoms with Crippen molar-refractivity contribution in [2.75, 3.05) is 0 Å². The summed E-state index contributed by atoms with van der Waals surface area (Å²) in [5.74, 6) is 0.665. The number of hydrogen-bond acceptors (Lipinski definition) is 1. The Morgan fingerprint density at radius 1 is 1.13 bits per heavy atom. The van der Waals surface area contributed by atoms with Crippen LogP contribution in [0.25, 0.3) is 0 Å². The Hall–Kier alpha value is -0.409. The number of rotatable bonds is 6. The van der Waals surface area contributed by atoms with Crippen molar-refractivity contribution in [2.45, 2.75) is 60.9 Å². The van der Waals surface area contributed by atoms with E-state index in [2.05, 4.69) is 76.5 Å². The molecule has 2 atom stereocenters. The molecule has 0 aromatic heterocycles. The van der Waals surface area contributed by atoms with Crippen LogP contribution in [0.4, 0.5) is 0 Å². The van der Waals surface area contributed by atoms with Gasteiger partial charge < -0.3 is 0 Å². The number of benzene rings is 1. The molecule has 1 aliphatic carbocycles. The molecule has 0 amide bonds. The molecule has 0 saturated carbocycles. The van der Waals surface area contributed by atoms with Crippen LogP contribution in [0.1, 0.15) is 53.5 Å². The van der Waals surface area contributed by atoms with Crippen LogP contribution in [0.3, 0.4) is 0 Å². The van der Waals surface area contributed by atoms with Crippen molar-refractivity contribution >= 4 is 12.6 Å². The molecule has 23 heavy (non-hydrogen) atoms. The molecule has 0 bridgehead atoms. The molecule has 1 aromatic rings. The van der Waals surface area contributed by atoms with Crippen LogP contribution in [-0.4, -0.2) is 13.4 Å². The van der Waals surface area contributed by atoms with E-state index in [-0.39, 0.29) is 7.39 Å². The molecule has 1 nitrogen and oxygen atoms in total. The van der Waals surface area contributed by atoms with Crippen LogP contribution in [0, 0.1) is 12.8 Å². The third-order valence-electron chi connectivity index (χ3n) is 5.63. The topological polar surface area (TPSA) is 12.0 Å². The second-order valence-corrected chi connectivity index (χ2v) is 15.6. The second-order valence-electron chi connectivity index (χ2n) is 7.10. The normalized spacial score (nSPS) is 20.0. The van der Waals surface area contributed by atoms with E-state index in [0.717, 1.165) is 0 Å². The molecule has 0 radical (unpaired) electrons. The van der Waals surface area contributed by atoms with Crippen molar-refractivity contribution in [3.8, 4) is 0 Å². The summed E-state index contributed by atoms with van der Waals surface area (Å²) >= 11 is -1.41. The van der Waals surface area contributed by atoms with Gasteiger partial charge >= 0.3 is 151 Å². The minimum absolute atomic E-state index is 0.246. The van der Waals surface area contributed by atoms with E-state index in [4.69, 9.17) is 0 Å². The first-order valence-electron chi connectivity index (χ1n) is 8.92. The predicted molar refractivity (Wildman–Crippen MR) is 102 cm³/mol. The summed E-state index contributed by atoms with van der Waals surface area (Å²) < 4.78 is 5.96. The number of hydrogen-bond donors (Lipinski definition) is 1. The van der Waals surface area contributed by atoms with Gasteiger partial charge in [-0.25, -0.2) is 0 Å². The van der Waals surface area contributed by atoms with Crippen LogP contribution >= 0.6 is 0 Å². The Morgan fingerprint density at radius 3 is 2.30 bits per heavy atom. The van der Waals surface area contributed by atoms with Gasteiger partial charge in [0, 0.05) is 0 Å². The Kier molecular flexibility index (Phi) is 6.68. The Balaban J connectivity index is 2.34. The molecule has 2 rings (SSSR count). The van der Waals surface area contributed by atoms with Gasteiger partial charge in [0.15, 0.2) is 0 Å². The van der Waals surface area contributed by atoms with Crippen LogP contribution in [0.2, 0.25) is 0 Å². The second kappa shape index (κ2) is 8.11. The fourth-order valence-corrected chi connectivity index (χ4v) is 17.2. The van der Waals surface area contributed by atoms with E-state index in [0.29, 0.717) is 12.0 Å². The van der Waals surface area contributed by atoms with Crippen LogP contribution < -0.4 is 8.99 Å². The first-order valence-corrected chi connectivity index (χ1v) is 15.2. The quantitative estimate of drug-likeness (QED) is 0.757. The molecular weight excluding hydrogens is 330 g/mol. The van der Waals surface area contributed by atoms with Gasteiger partial charge in [-0.1, -0.05) is 0 Å². The van der Waals surface area contributed by atoms with E-state index >= 15 is 0 Å². The van der Waals surface area contributed by atoms with Gasteiger partial charge in [0.2, 0.25) is 0 Å². The fourth-order valence-electron chi connectivity index (χ4n) is 3.47. The third kappa shape index (κ3) is 4.17. The van der Waals surface area contributed by atoms with Crippen molar-refractivity contribution in [3.05, 3.63) is 50.4 Å². The van der Waals surface area contributed by atoms with E-state index in [9.17, 15) is 0 Å². The van der Waals surface area contributed by atoms with E-state index in [1.165, 1.54) is 12.0 Å². The summed E-state index contributed by atoms with van der Waals surface area (Å²) in [7, 11) is -0.246. The summed E-state index contributed by atoms with van der Waals surface area (Å²) in [6.45, 7) is 16.4. The van der Waals surface area contributed by atoms with Crippen LogP contribution in [-0.2, 0) is 17.4 Å². The van der Waals surface area contributed by atoms with E-state index in [1.54, 1.807) is 21.9 Å².